The largest absolute Gasteiger partial charge is 0.490 e. The number of hydrogen-bond acceptors (Lipinski definition) is 5. The van der Waals surface area contributed by atoms with E-state index in [9.17, 15) is 4.79 Å². The second kappa shape index (κ2) is 9.02. The lowest BCUT2D eigenvalue weighted by atomic mass is 9.89. The fourth-order valence-electron chi connectivity index (χ4n) is 4.52. The predicted molar refractivity (Wildman–Crippen MR) is 134 cm³/mol. The lowest BCUT2D eigenvalue weighted by Crippen LogP contribution is -2.13. The van der Waals surface area contributed by atoms with Crippen LogP contribution < -0.4 is 15.0 Å². The summed E-state index contributed by atoms with van der Waals surface area (Å²) < 4.78 is 11.7. The number of aromatic nitrogens is 2. The summed E-state index contributed by atoms with van der Waals surface area (Å²) in [5.41, 5.74) is 4.29. The van der Waals surface area contributed by atoms with Gasteiger partial charge >= 0.3 is 0 Å². The van der Waals surface area contributed by atoms with Gasteiger partial charge in [-0.2, -0.15) is 0 Å². The van der Waals surface area contributed by atoms with Crippen LogP contribution in [0.3, 0.4) is 0 Å². The zero-order chi connectivity index (χ0) is 22.9. The fraction of sp³-hybridized carbons (Fsp3) is 0.333. The molecule has 5 rings (SSSR count). The average Bonchev–Trinajstić information content (AvgIpc) is 3.16. The molecule has 1 aliphatic carbocycles. The van der Waals surface area contributed by atoms with Gasteiger partial charge in [0.1, 0.15) is 35.4 Å². The number of para-hydroxylation sites is 1. The van der Waals surface area contributed by atoms with Gasteiger partial charge < -0.3 is 14.5 Å². The number of rotatable bonds is 6. The second-order valence-corrected chi connectivity index (χ2v) is 9.97. The van der Waals surface area contributed by atoms with Gasteiger partial charge in [-0.25, -0.2) is 4.98 Å². The summed E-state index contributed by atoms with van der Waals surface area (Å²) >= 11 is 1.67. The van der Waals surface area contributed by atoms with Crippen LogP contribution >= 0.6 is 11.3 Å². The Balaban J connectivity index is 1.27. The van der Waals surface area contributed by atoms with Gasteiger partial charge in [-0.3, -0.25) is 4.79 Å². The molecule has 33 heavy (non-hydrogen) atoms. The van der Waals surface area contributed by atoms with Gasteiger partial charge in [0, 0.05) is 10.4 Å². The van der Waals surface area contributed by atoms with E-state index in [2.05, 4.69) is 11.9 Å². The molecule has 5 nitrogen and oxygen atoms in total. The molecule has 2 aromatic heterocycles. The zero-order valence-corrected chi connectivity index (χ0v) is 20.1. The number of benzene rings is 2. The maximum Gasteiger partial charge on any atom is 0.260 e. The number of nitrogens with zero attached hydrogens (tertiary/aromatic N) is 1. The molecule has 0 amide bonds. The number of aromatic amines is 1. The van der Waals surface area contributed by atoms with Gasteiger partial charge in [-0.1, -0.05) is 25.1 Å². The Kier molecular flexibility index (Phi) is 5.94. The van der Waals surface area contributed by atoms with Crippen molar-refractivity contribution in [3.05, 3.63) is 74.4 Å². The Morgan fingerprint density at radius 1 is 1.06 bits per heavy atom. The minimum atomic E-state index is -0.0361. The standard InChI is InChI=1S/C27H28N2O3S/c1-16-7-12-21-22(15-16)33-27-23(21)26(30)28-25(29-27)19-8-10-20(11-9-19)31-13-14-32-24-17(2)5-4-6-18(24)3/h4-6,8-11,16H,7,12-15H2,1-3H3,(H,28,29,30)/t16-/m0/s1. The minimum Gasteiger partial charge on any atom is -0.490 e. The van der Waals surface area contributed by atoms with Crippen molar-refractivity contribution in [3.63, 3.8) is 0 Å². The van der Waals surface area contributed by atoms with Gasteiger partial charge in [0.15, 0.2) is 0 Å². The Hall–Kier alpha value is -3.12. The first-order chi connectivity index (χ1) is 16.0. The molecule has 0 unspecified atom stereocenters. The smallest absolute Gasteiger partial charge is 0.260 e. The van der Waals surface area contributed by atoms with Crippen LogP contribution in [0.4, 0.5) is 0 Å². The number of H-pyrrole nitrogens is 1. The zero-order valence-electron chi connectivity index (χ0n) is 19.2. The molecule has 1 aliphatic rings. The number of ether oxygens (including phenoxy) is 2. The van der Waals surface area contributed by atoms with Crippen LogP contribution in [0.2, 0.25) is 0 Å². The van der Waals surface area contributed by atoms with Crippen LogP contribution in [0.25, 0.3) is 21.6 Å². The molecule has 0 saturated heterocycles. The van der Waals surface area contributed by atoms with Crippen LogP contribution in [0.1, 0.15) is 34.9 Å². The summed E-state index contributed by atoms with van der Waals surface area (Å²) in [6.07, 6.45) is 3.15. The molecule has 1 N–H and O–H groups in total. The van der Waals surface area contributed by atoms with Crippen LogP contribution in [0.5, 0.6) is 11.5 Å². The number of thiophene rings is 1. The van der Waals surface area contributed by atoms with E-state index in [0.29, 0.717) is 25.0 Å². The lowest BCUT2D eigenvalue weighted by molar-refractivity contribution is 0.215. The van der Waals surface area contributed by atoms with E-state index in [0.717, 1.165) is 57.7 Å². The number of hydrogen-bond donors (Lipinski definition) is 1. The second-order valence-electron chi connectivity index (χ2n) is 8.89. The molecule has 0 spiro atoms. The van der Waals surface area contributed by atoms with Crippen LogP contribution in [0, 0.1) is 19.8 Å². The molecule has 0 fully saturated rings. The SMILES string of the molecule is Cc1cccc(C)c1OCCOc1ccc(-c2nc3sc4c(c3c(=O)[nH]2)CC[C@H](C)C4)cc1. The van der Waals surface area contributed by atoms with Crippen molar-refractivity contribution in [2.75, 3.05) is 13.2 Å². The Labute approximate surface area is 197 Å². The summed E-state index contributed by atoms with van der Waals surface area (Å²) in [6, 6.07) is 13.8. The van der Waals surface area contributed by atoms with Gasteiger partial charge in [0.2, 0.25) is 0 Å². The Morgan fingerprint density at radius 3 is 2.55 bits per heavy atom. The van der Waals surface area contributed by atoms with E-state index in [1.165, 1.54) is 10.4 Å². The third kappa shape index (κ3) is 4.40. The summed E-state index contributed by atoms with van der Waals surface area (Å²) in [4.78, 5) is 22.8. The minimum absolute atomic E-state index is 0.0361. The highest BCUT2D eigenvalue weighted by Gasteiger charge is 2.23. The summed E-state index contributed by atoms with van der Waals surface area (Å²) in [5.74, 6) is 2.95. The number of nitrogens with one attached hydrogen (secondary N) is 1. The topological polar surface area (TPSA) is 64.2 Å². The van der Waals surface area contributed by atoms with Crippen LogP contribution in [0.15, 0.2) is 47.3 Å². The average molecular weight is 461 g/mol. The molecule has 2 aromatic carbocycles. The number of fused-ring (bicyclic) bond motifs is 3. The van der Waals surface area contributed by atoms with E-state index < -0.39 is 0 Å². The third-order valence-electron chi connectivity index (χ3n) is 6.30. The lowest BCUT2D eigenvalue weighted by Gasteiger charge is -2.17. The predicted octanol–water partition coefficient (Wildman–Crippen LogP) is 5.85. The molecule has 4 aromatic rings. The van der Waals surface area contributed by atoms with Crippen molar-refractivity contribution in [3.8, 4) is 22.9 Å². The van der Waals surface area contributed by atoms with E-state index in [1.54, 1.807) is 11.3 Å². The Morgan fingerprint density at radius 2 is 1.79 bits per heavy atom. The molecular formula is C27H28N2O3S. The van der Waals surface area contributed by atoms with E-state index in [4.69, 9.17) is 14.5 Å². The van der Waals surface area contributed by atoms with Gasteiger partial charge in [0.25, 0.3) is 5.56 Å². The third-order valence-corrected chi connectivity index (χ3v) is 7.45. The number of aryl methyl sites for hydroxylation is 3. The maximum atomic E-state index is 12.9. The highest BCUT2D eigenvalue weighted by atomic mass is 32.1. The van der Waals surface area contributed by atoms with Crippen molar-refractivity contribution in [1.29, 1.82) is 0 Å². The molecule has 1 atom stereocenters. The fourth-order valence-corrected chi connectivity index (χ4v) is 5.91. The molecule has 0 aliphatic heterocycles. The highest BCUT2D eigenvalue weighted by molar-refractivity contribution is 7.18. The van der Waals surface area contributed by atoms with Crippen molar-refractivity contribution in [2.45, 2.75) is 40.0 Å². The summed E-state index contributed by atoms with van der Waals surface area (Å²) in [7, 11) is 0. The van der Waals surface area contributed by atoms with Crippen LogP contribution in [-0.2, 0) is 12.8 Å². The van der Waals surface area contributed by atoms with Crippen LogP contribution in [-0.4, -0.2) is 23.2 Å². The first-order valence-electron chi connectivity index (χ1n) is 11.5. The monoisotopic (exact) mass is 460 g/mol. The molecule has 0 saturated carbocycles. The van der Waals surface area contributed by atoms with Crippen molar-refractivity contribution in [2.24, 2.45) is 5.92 Å². The first kappa shape index (κ1) is 21.7. The normalized spacial score (nSPS) is 15.4. The molecule has 170 valence electrons. The molecule has 6 heteroatoms. The molecule has 0 bridgehead atoms. The van der Waals surface area contributed by atoms with E-state index in [1.807, 2.05) is 56.3 Å². The summed E-state index contributed by atoms with van der Waals surface area (Å²) in [6.45, 7) is 7.29. The first-order valence-corrected chi connectivity index (χ1v) is 12.3. The highest BCUT2D eigenvalue weighted by Crippen LogP contribution is 2.36. The van der Waals surface area contributed by atoms with E-state index >= 15 is 0 Å². The molecule has 2 heterocycles. The van der Waals surface area contributed by atoms with Crippen molar-refractivity contribution >= 4 is 21.6 Å². The van der Waals surface area contributed by atoms with Gasteiger partial charge in [-0.15, -0.1) is 11.3 Å². The Bertz CT molecular complexity index is 1330. The van der Waals surface area contributed by atoms with Crippen molar-refractivity contribution in [1.82, 2.24) is 9.97 Å². The maximum absolute atomic E-state index is 12.9. The van der Waals surface area contributed by atoms with Gasteiger partial charge in [-0.05, 0) is 80.0 Å². The van der Waals surface area contributed by atoms with E-state index in [-0.39, 0.29) is 5.56 Å². The van der Waals surface area contributed by atoms with Gasteiger partial charge in [0.05, 0.1) is 5.39 Å². The molecule has 0 radical (unpaired) electrons. The molecular weight excluding hydrogens is 432 g/mol. The quantitative estimate of drug-likeness (QED) is 0.367. The van der Waals surface area contributed by atoms with Crippen molar-refractivity contribution < 1.29 is 9.47 Å². The summed E-state index contributed by atoms with van der Waals surface area (Å²) in [5, 5.41) is 0.787.